The lowest BCUT2D eigenvalue weighted by Crippen LogP contribution is -2.56. The lowest BCUT2D eigenvalue weighted by Gasteiger charge is -2.38. The highest BCUT2D eigenvalue weighted by molar-refractivity contribution is 5.79. The molecule has 0 aliphatic heterocycles. The van der Waals surface area contributed by atoms with Gasteiger partial charge in [0, 0.05) is 0 Å². The fourth-order valence-electron chi connectivity index (χ4n) is 1.86. The minimum atomic E-state index is -0.779. The van der Waals surface area contributed by atoms with Crippen LogP contribution in [-0.4, -0.2) is 21.6 Å². The van der Waals surface area contributed by atoms with Crippen molar-refractivity contribution in [1.29, 1.82) is 0 Å². The molecule has 1 aliphatic carbocycles. The molecule has 88 valence electrons. The monoisotopic (exact) mass is 224 g/mol. The molecular weight excluding hydrogens is 208 g/mol. The first-order valence-corrected chi connectivity index (χ1v) is 5.45. The summed E-state index contributed by atoms with van der Waals surface area (Å²) in [5.41, 5.74) is 0.103. The molecule has 16 heavy (non-hydrogen) atoms. The van der Waals surface area contributed by atoms with E-state index in [1.54, 1.807) is 0 Å². The number of nitrogens with zero attached hydrogens (tertiary/aromatic N) is 1. The van der Waals surface area contributed by atoms with E-state index < -0.39 is 11.5 Å². The van der Waals surface area contributed by atoms with Crippen molar-refractivity contribution < 1.29 is 14.3 Å². The number of rotatable bonds is 4. The molecule has 1 fully saturated rings. The molecule has 0 bridgehead atoms. The first-order chi connectivity index (χ1) is 7.53. The molecule has 1 heterocycles. The summed E-state index contributed by atoms with van der Waals surface area (Å²) in [6.07, 6.45) is 2.32. The molecule has 2 rings (SSSR count). The van der Waals surface area contributed by atoms with Gasteiger partial charge in [-0.2, -0.15) is 0 Å². The van der Waals surface area contributed by atoms with Crippen LogP contribution in [0.3, 0.4) is 0 Å². The Morgan fingerprint density at radius 2 is 2.25 bits per heavy atom. The molecule has 0 saturated heterocycles. The van der Waals surface area contributed by atoms with Crippen molar-refractivity contribution in [2.75, 3.05) is 0 Å². The molecule has 5 heteroatoms. The van der Waals surface area contributed by atoms with Crippen LogP contribution in [0.2, 0.25) is 0 Å². The number of carboxylic acids is 1. The minimum Gasteiger partial charge on any atom is -0.480 e. The summed E-state index contributed by atoms with van der Waals surface area (Å²) in [4.78, 5) is 15.3. The lowest BCUT2D eigenvalue weighted by atomic mass is 9.77. The predicted octanol–water partition coefficient (Wildman–Crippen LogP) is 1.39. The number of aromatic nitrogens is 1. The third kappa shape index (κ3) is 1.82. The van der Waals surface area contributed by atoms with Crippen molar-refractivity contribution in [2.24, 2.45) is 0 Å². The zero-order valence-corrected chi connectivity index (χ0v) is 9.54. The summed E-state index contributed by atoms with van der Waals surface area (Å²) in [5.74, 6) is 0.566. The van der Waals surface area contributed by atoms with Crippen molar-refractivity contribution >= 4 is 5.97 Å². The number of carbonyl (C=O) groups is 1. The Morgan fingerprint density at radius 3 is 2.62 bits per heavy atom. The highest BCUT2D eigenvalue weighted by Gasteiger charge is 2.44. The molecule has 0 radical (unpaired) electrons. The summed E-state index contributed by atoms with van der Waals surface area (Å²) < 4.78 is 5.39. The first kappa shape index (κ1) is 11.1. The Labute approximate surface area is 93.9 Å². The minimum absolute atomic E-state index is 0.376. The Hall–Kier alpha value is -1.36. The second-order valence-electron chi connectivity index (χ2n) is 4.34. The van der Waals surface area contributed by atoms with Crippen LogP contribution in [0, 0.1) is 13.8 Å². The Kier molecular flexibility index (Phi) is 2.71. The molecule has 0 atom stereocenters. The van der Waals surface area contributed by atoms with E-state index in [1.165, 1.54) is 0 Å². The lowest BCUT2D eigenvalue weighted by molar-refractivity contribution is -0.149. The summed E-state index contributed by atoms with van der Waals surface area (Å²) in [7, 11) is 0. The summed E-state index contributed by atoms with van der Waals surface area (Å²) in [6.45, 7) is 4.10. The third-order valence-corrected chi connectivity index (χ3v) is 3.27. The van der Waals surface area contributed by atoms with E-state index in [1.807, 2.05) is 13.8 Å². The second kappa shape index (κ2) is 3.90. The van der Waals surface area contributed by atoms with Gasteiger partial charge in [-0.15, -0.1) is 0 Å². The number of aliphatic carboxylic acids is 1. The van der Waals surface area contributed by atoms with Gasteiger partial charge in [-0.3, -0.25) is 10.1 Å². The van der Waals surface area contributed by atoms with Gasteiger partial charge in [-0.25, -0.2) is 4.98 Å². The largest absolute Gasteiger partial charge is 0.480 e. The molecule has 2 N–H and O–H groups in total. The average molecular weight is 224 g/mol. The van der Waals surface area contributed by atoms with E-state index in [0.29, 0.717) is 25.3 Å². The van der Waals surface area contributed by atoms with Crippen LogP contribution in [0.15, 0.2) is 4.42 Å². The van der Waals surface area contributed by atoms with Crippen LogP contribution in [-0.2, 0) is 11.3 Å². The molecule has 1 aliphatic rings. The van der Waals surface area contributed by atoms with Gasteiger partial charge in [0.05, 0.1) is 12.2 Å². The van der Waals surface area contributed by atoms with Gasteiger partial charge < -0.3 is 9.52 Å². The van der Waals surface area contributed by atoms with E-state index in [2.05, 4.69) is 10.3 Å². The van der Waals surface area contributed by atoms with Gasteiger partial charge in [0.1, 0.15) is 11.3 Å². The van der Waals surface area contributed by atoms with Gasteiger partial charge in [0.25, 0.3) is 0 Å². The van der Waals surface area contributed by atoms with E-state index in [4.69, 9.17) is 9.52 Å². The van der Waals surface area contributed by atoms with Crippen LogP contribution >= 0.6 is 0 Å². The molecule has 5 nitrogen and oxygen atoms in total. The van der Waals surface area contributed by atoms with Crippen molar-refractivity contribution in [3.63, 3.8) is 0 Å². The van der Waals surface area contributed by atoms with Gasteiger partial charge in [-0.1, -0.05) is 0 Å². The van der Waals surface area contributed by atoms with Gasteiger partial charge in [0.2, 0.25) is 5.89 Å². The zero-order valence-electron chi connectivity index (χ0n) is 9.54. The maximum Gasteiger partial charge on any atom is 0.323 e. The topological polar surface area (TPSA) is 75.4 Å². The normalized spacial score (nSPS) is 18.1. The Balaban J connectivity index is 1.99. The van der Waals surface area contributed by atoms with Crippen LogP contribution in [0.1, 0.15) is 36.6 Å². The maximum atomic E-state index is 11.1. The van der Waals surface area contributed by atoms with Crippen LogP contribution in [0.5, 0.6) is 0 Å². The molecule has 0 spiro atoms. The maximum absolute atomic E-state index is 11.1. The predicted molar refractivity (Wildman–Crippen MR) is 57.0 cm³/mol. The zero-order chi connectivity index (χ0) is 11.8. The van der Waals surface area contributed by atoms with E-state index in [0.717, 1.165) is 17.9 Å². The van der Waals surface area contributed by atoms with Crippen molar-refractivity contribution in [2.45, 2.75) is 45.2 Å². The van der Waals surface area contributed by atoms with Crippen molar-refractivity contribution in [3.05, 3.63) is 17.3 Å². The van der Waals surface area contributed by atoms with E-state index in [-0.39, 0.29) is 0 Å². The Bertz CT molecular complexity index is 388. The number of oxazole rings is 1. The van der Waals surface area contributed by atoms with Crippen molar-refractivity contribution in [1.82, 2.24) is 10.3 Å². The molecule has 0 aromatic carbocycles. The number of nitrogens with one attached hydrogen (secondary N) is 1. The van der Waals surface area contributed by atoms with Crippen molar-refractivity contribution in [3.8, 4) is 0 Å². The fraction of sp³-hybridized carbons (Fsp3) is 0.636. The molecular formula is C11H16N2O3. The van der Waals surface area contributed by atoms with Gasteiger partial charge >= 0.3 is 5.97 Å². The molecule has 1 aromatic heterocycles. The van der Waals surface area contributed by atoms with Crippen LogP contribution in [0.4, 0.5) is 0 Å². The van der Waals surface area contributed by atoms with E-state index >= 15 is 0 Å². The first-order valence-electron chi connectivity index (χ1n) is 5.45. The smallest absolute Gasteiger partial charge is 0.323 e. The second-order valence-corrected chi connectivity index (χ2v) is 4.34. The molecule has 0 unspecified atom stereocenters. The van der Waals surface area contributed by atoms with Gasteiger partial charge in [-0.05, 0) is 33.1 Å². The quantitative estimate of drug-likeness (QED) is 0.808. The standard InChI is InChI=1S/C11H16N2O3/c1-7-8(2)16-9(13-7)6-12-11(10(14)15)4-3-5-11/h12H,3-6H2,1-2H3,(H,14,15). The highest BCUT2D eigenvalue weighted by atomic mass is 16.4. The molecule has 1 saturated carbocycles. The SMILES string of the molecule is Cc1nc(CNC2(C(=O)O)CCC2)oc1C. The third-order valence-electron chi connectivity index (χ3n) is 3.27. The van der Waals surface area contributed by atoms with E-state index in [9.17, 15) is 4.79 Å². The van der Waals surface area contributed by atoms with Gasteiger partial charge in [0.15, 0.2) is 0 Å². The molecule has 1 aromatic rings. The molecule has 0 amide bonds. The van der Waals surface area contributed by atoms with Crippen LogP contribution < -0.4 is 5.32 Å². The summed E-state index contributed by atoms with van der Waals surface area (Å²) >= 11 is 0. The number of carboxylic acid groups (broad SMARTS) is 1. The highest BCUT2D eigenvalue weighted by Crippen LogP contribution is 2.32. The Morgan fingerprint density at radius 1 is 1.56 bits per heavy atom. The average Bonchev–Trinajstić information content (AvgIpc) is 2.44. The summed E-state index contributed by atoms with van der Waals surface area (Å²) in [5, 5.41) is 12.1. The van der Waals surface area contributed by atoms with Crippen LogP contribution in [0.25, 0.3) is 0 Å². The number of aryl methyl sites for hydroxylation is 2. The number of hydrogen-bond donors (Lipinski definition) is 2. The fourth-order valence-corrected chi connectivity index (χ4v) is 1.86. The summed E-state index contributed by atoms with van der Waals surface area (Å²) in [6, 6.07) is 0. The number of hydrogen-bond acceptors (Lipinski definition) is 4.